The maximum Gasteiger partial charge on any atom is 0.0984 e. The van der Waals surface area contributed by atoms with E-state index in [1.54, 1.807) is 0 Å². The van der Waals surface area contributed by atoms with Crippen LogP contribution >= 0.6 is 0 Å². The first-order chi connectivity index (χ1) is 12.8. The minimum absolute atomic E-state index is 0.122. The second-order valence-corrected chi connectivity index (χ2v) is 6.72. The Morgan fingerprint density at radius 3 is 2.08 bits per heavy atom. The van der Waals surface area contributed by atoms with Crippen molar-refractivity contribution in [1.29, 1.82) is 0 Å². The molecule has 0 spiro atoms. The lowest BCUT2D eigenvalue weighted by molar-refractivity contribution is 0.113. The molecule has 2 N–H and O–H groups in total. The monoisotopic (exact) mass is 355 g/mol. The maximum atomic E-state index is 10.9. The molecule has 0 aliphatic heterocycles. The molecule has 0 saturated carbocycles. The topological polar surface area (TPSA) is 41.5 Å². The molecule has 0 aromatic heterocycles. The fourth-order valence-electron chi connectivity index (χ4n) is 3.08. The van der Waals surface area contributed by atoms with Gasteiger partial charge in [-0.2, -0.15) is 0 Å². The largest absolute Gasteiger partial charge is 0.386 e. The Balaban J connectivity index is 1.80. The van der Waals surface area contributed by atoms with E-state index in [1.165, 1.54) is 19.3 Å². The molecule has 2 aromatic rings. The van der Waals surface area contributed by atoms with Gasteiger partial charge >= 0.3 is 0 Å². The first-order valence-corrected chi connectivity index (χ1v) is 9.92. The quantitative estimate of drug-likeness (QED) is 0.495. The third kappa shape index (κ3) is 7.28. The van der Waals surface area contributed by atoms with Crippen LogP contribution in [0.25, 0.3) is 0 Å². The van der Waals surface area contributed by atoms with Crippen LogP contribution in [-0.4, -0.2) is 24.9 Å². The molecule has 3 nitrogen and oxygen atoms in total. The van der Waals surface area contributed by atoms with Gasteiger partial charge in [-0.25, -0.2) is 0 Å². The van der Waals surface area contributed by atoms with Crippen LogP contribution < -0.4 is 5.32 Å². The van der Waals surface area contributed by atoms with Crippen LogP contribution in [0.15, 0.2) is 60.7 Å². The number of unbranched alkanes of at least 4 members (excludes halogenated alkanes) is 3. The van der Waals surface area contributed by atoms with Gasteiger partial charge in [-0.15, -0.1) is 0 Å². The number of benzene rings is 2. The standard InChI is InChI=1S/C23H33NO2/c1-2-3-4-11-18-26-19-12-17-24-22(20-13-7-5-8-14-20)23(25)21-15-9-6-10-16-21/h5-10,13-16,22-25H,2-4,11-12,17-19H2,1H3. The normalized spacial score (nSPS) is 13.5. The van der Waals surface area contributed by atoms with E-state index in [0.29, 0.717) is 0 Å². The smallest absolute Gasteiger partial charge is 0.0984 e. The first kappa shape index (κ1) is 20.6. The van der Waals surface area contributed by atoms with Gasteiger partial charge in [-0.1, -0.05) is 86.8 Å². The number of aliphatic hydroxyl groups excluding tert-OH is 1. The van der Waals surface area contributed by atoms with E-state index < -0.39 is 6.10 Å². The summed E-state index contributed by atoms with van der Waals surface area (Å²) in [7, 11) is 0. The molecule has 142 valence electrons. The van der Waals surface area contributed by atoms with Crippen LogP contribution in [0.3, 0.4) is 0 Å². The lowest BCUT2D eigenvalue weighted by Crippen LogP contribution is -2.28. The van der Waals surface area contributed by atoms with E-state index in [-0.39, 0.29) is 6.04 Å². The van der Waals surface area contributed by atoms with Gasteiger partial charge in [-0.05, 0) is 30.5 Å². The molecule has 0 aliphatic carbocycles. The Bertz CT molecular complexity index is 573. The van der Waals surface area contributed by atoms with Gasteiger partial charge in [-0.3, -0.25) is 0 Å². The first-order valence-electron chi connectivity index (χ1n) is 9.92. The number of rotatable bonds is 13. The van der Waals surface area contributed by atoms with Crippen molar-refractivity contribution in [2.75, 3.05) is 19.8 Å². The summed E-state index contributed by atoms with van der Waals surface area (Å²) in [6.07, 6.45) is 5.33. The van der Waals surface area contributed by atoms with Gasteiger partial charge < -0.3 is 15.2 Å². The van der Waals surface area contributed by atoms with Gasteiger partial charge in [0.1, 0.15) is 0 Å². The van der Waals surface area contributed by atoms with Crippen LogP contribution in [0, 0.1) is 0 Å². The lowest BCUT2D eigenvalue weighted by Gasteiger charge is -2.25. The van der Waals surface area contributed by atoms with Crippen molar-refractivity contribution < 1.29 is 9.84 Å². The highest BCUT2D eigenvalue weighted by Gasteiger charge is 2.21. The van der Waals surface area contributed by atoms with Crippen LogP contribution in [0.1, 0.15) is 62.3 Å². The van der Waals surface area contributed by atoms with Crippen LogP contribution in [0.5, 0.6) is 0 Å². The van der Waals surface area contributed by atoms with Crippen molar-refractivity contribution in [3.05, 3.63) is 71.8 Å². The van der Waals surface area contributed by atoms with Crippen molar-refractivity contribution in [3.63, 3.8) is 0 Å². The number of ether oxygens (including phenoxy) is 1. The molecule has 2 rings (SSSR count). The molecule has 2 atom stereocenters. The van der Waals surface area contributed by atoms with Crippen molar-refractivity contribution >= 4 is 0 Å². The summed E-state index contributed by atoms with van der Waals surface area (Å²) < 4.78 is 5.71. The molecule has 0 bridgehead atoms. The Kier molecular flexibility index (Phi) is 10.0. The zero-order valence-corrected chi connectivity index (χ0v) is 15.9. The van der Waals surface area contributed by atoms with Crippen molar-refractivity contribution in [2.45, 2.75) is 51.2 Å². The molecule has 2 unspecified atom stereocenters. The molecule has 0 aliphatic rings. The highest BCUT2D eigenvalue weighted by Crippen LogP contribution is 2.28. The van der Waals surface area contributed by atoms with Gasteiger partial charge in [0, 0.05) is 13.2 Å². The zero-order chi connectivity index (χ0) is 18.5. The molecule has 0 heterocycles. The number of nitrogens with one attached hydrogen (secondary N) is 1. The molecular formula is C23H33NO2. The number of hydrogen-bond donors (Lipinski definition) is 2. The molecular weight excluding hydrogens is 322 g/mol. The fourth-order valence-corrected chi connectivity index (χ4v) is 3.08. The number of hydrogen-bond acceptors (Lipinski definition) is 3. The highest BCUT2D eigenvalue weighted by molar-refractivity contribution is 5.26. The van der Waals surface area contributed by atoms with Gasteiger partial charge in [0.25, 0.3) is 0 Å². The second-order valence-electron chi connectivity index (χ2n) is 6.72. The predicted molar refractivity (Wildman–Crippen MR) is 108 cm³/mol. The molecule has 0 amide bonds. The Morgan fingerprint density at radius 1 is 0.808 bits per heavy atom. The molecule has 0 radical (unpaired) electrons. The minimum atomic E-state index is -0.575. The molecule has 0 fully saturated rings. The Morgan fingerprint density at radius 2 is 1.42 bits per heavy atom. The fraction of sp³-hybridized carbons (Fsp3) is 0.478. The average molecular weight is 356 g/mol. The van der Waals surface area contributed by atoms with E-state index in [4.69, 9.17) is 4.74 Å². The van der Waals surface area contributed by atoms with E-state index >= 15 is 0 Å². The Labute approximate surface area is 158 Å². The van der Waals surface area contributed by atoms with Gasteiger partial charge in [0.05, 0.1) is 12.1 Å². The predicted octanol–water partition coefficient (Wildman–Crippen LogP) is 5.04. The van der Waals surface area contributed by atoms with E-state index in [1.807, 2.05) is 48.5 Å². The summed E-state index contributed by atoms with van der Waals surface area (Å²) in [4.78, 5) is 0. The molecule has 3 heteroatoms. The third-order valence-corrected chi connectivity index (χ3v) is 4.59. The van der Waals surface area contributed by atoms with Gasteiger partial charge in [0.2, 0.25) is 0 Å². The van der Waals surface area contributed by atoms with Gasteiger partial charge in [0.15, 0.2) is 0 Å². The summed E-state index contributed by atoms with van der Waals surface area (Å²) in [5, 5.41) is 14.4. The maximum absolute atomic E-state index is 10.9. The van der Waals surface area contributed by atoms with Crippen LogP contribution in [0.4, 0.5) is 0 Å². The zero-order valence-electron chi connectivity index (χ0n) is 15.9. The summed E-state index contributed by atoms with van der Waals surface area (Å²) >= 11 is 0. The molecule has 26 heavy (non-hydrogen) atoms. The van der Waals surface area contributed by atoms with E-state index in [9.17, 15) is 5.11 Å². The molecule has 0 saturated heterocycles. The van der Waals surface area contributed by atoms with Crippen molar-refractivity contribution in [3.8, 4) is 0 Å². The van der Waals surface area contributed by atoms with Crippen molar-refractivity contribution in [1.82, 2.24) is 5.32 Å². The van der Waals surface area contributed by atoms with E-state index in [2.05, 4.69) is 24.4 Å². The third-order valence-electron chi connectivity index (χ3n) is 4.59. The van der Waals surface area contributed by atoms with Crippen LogP contribution in [-0.2, 0) is 4.74 Å². The molecule has 2 aromatic carbocycles. The lowest BCUT2D eigenvalue weighted by atomic mass is 9.95. The SMILES string of the molecule is CCCCCCOCCCNC(c1ccccc1)C(O)c1ccccc1. The summed E-state index contributed by atoms with van der Waals surface area (Å²) in [5.41, 5.74) is 2.03. The summed E-state index contributed by atoms with van der Waals surface area (Å²) in [5.74, 6) is 0. The van der Waals surface area contributed by atoms with Crippen LogP contribution in [0.2, 0.25) is 0 Å². The minimum Gasteiger partial charge on any atom is -0.386 e. The summed E-state index contributed by atoms with van der Waals surface area (Å²) in [6.45, 7) is 4.66. The highest BCUT2D eigenvalue weighted by atomic mass is 16.5. The summed E-state index contributed by atoms with van der Waals surface area (Å²) in [6, 6.07) is 19.9. The Hall–Kier alpha value is -1.68. The van der Waals surface area contributed by atoms with E-state index in [0.717, 1.165) is 43.7 Å². The second kappa shape index (κ2) is 12.6. The average Bonchev–Trinajstić information content (AvgIpc) is 2.70. The number of aliphatic hydroxyl groups is 1. The van der Waals surface area contributed by atoms with Crippen molar-refractivity contribution in [2.24, 2.45) is 0 Å².